The summed E-state index contributed by atoms with van der Waals surface area (Å²) in [5, 5.41) is 0.0379. The zero-order valence-electron chi connectivity index (χ0n) is 13.8. The minimum Gasteiger partial charge on any atom is -0.454 e. The second kappa shape index (κ2) is 7.61. The third kappa shape index (κ3) is 3.82. The average Bonchev–Trinajstić information content (AvgIpc) is 3.33. The van der Waals surface area contributed by atoms with Crippen molar-refractivity contribution in [2.24, 2.45) is 0 Å². The summed E-state index contributed by atoms with van der Waals surface area (Å²) in [5.41, 5.74) is 0.345. The normalized spacial score (nSPS) is 15.1. The van der Waals surface area contributed by atoms with Crippen LogP contribution >= 0.6 is 11.6 Å². The van der Waals surface area contributed by atoms with Crippen molar-refractivity contribution in [1.82, 2.24) is 9.29 Å². The first kappa shape index (κ1) is 18.6. The van der Waals surface area contributed by atoms with E-state index in [9.17, 15) is 18.0 Å². The fraction of sp³-hybridized carbons (Fsp3) is 0.294. The van der Waals surface area contributed by atoms with Gasteiger partial charge < -0.3 is 9.72 Å². The lowest BCUT2D eigenvalue weighted by molar-refractivity contribution is 0.0473. The van der Waals surface area contributed by atoms with Gasteiger partial charge in [0.05, 0.1) is 16.3 Å². The molecule has 1 aromatic heterocycles. The molecule has 138 valence electrons. The Balaban J connectivity index is 1.76. The second-order valence-electron chi connectivity index (χ2n) is 5.84. The van der Waals surface area contributed by atoms with E-state index in [1.165, 1.54) is 22.5 Å². The summed E-state index contributed by atoms with van der Waals surface area (Å²) < 4.78 is 31.7. The van der Waals surface area contributed by atoms with Crippen LogP contribution in [0.15, 0.2) is 41.4 Å². The van der Waals surface area contributed by atoms with E-state index in [-0.39, 0.29) is 21.3 Å². The zero-order valence-corrected chi connectivity index (χ0v) is 15.3. The zero-order chi connectivity index (χ0) is 18.7. The van der Waals surface area contributed by atoms with Crippen molar-refractivity contribution in [2.75, 3.05) is 19.7 Å². The van der Waals surface area contributed by atoms with Gasteiger partial charge in [-0.2, -0.15) is 4.31 Å². The highest BCUT2D eigenvalue weighted by molar-refractivity contribution is 7.89. The number of H-pyrrole nitrogens is 1. The van der Waals surface area contributed by atoms with E-state index in [1.54, 1.807) is 18.3 Å². The number of carbonyl (C=O) groups excluding carboxylic acids is 2. The van der Waals surface area contributed by atoms with Crippen molar-refractivity contribution >= 4 is 33.4 Å². The molecule has 1 saturated heterocycles. The maximum absolute atomic E-state index is 12.7. The monoisotopic (exact) mass is 396 g/mol. The van der Waals surface area contributed by atoms with Crippen LogP contribution in [0.1, 0.15) is 33.7 Å². The number of aromatic amines is 1. The molecule has 1 N–H and O–H groups in total. The highest BCUT2D eigenvalue weighted by Gasteiger charge is 2.30. The Hall–Kier alpha value is -2.16. The quantitative estimate of drug-likeness (QED) is 0.597. The Kier molecular flexibility index (Phi) is 5.45. The van der Waals surface area contributed by atoms with Gasteiger partial charge >= 0.3 is 5.97 Å². The Bertz CT molecular complexity index is 919. The van der Waals surface area contributed by atoms with Crippen molar-refractivity contribution in [3.05, 3.63) is 52.8 Å². The molecule has 2 heterocycles. The molecule has 7 nitrogen and oxygen atoms in total. The van der Waals surface area contributed by atoms with E-state index >= 15 is 0 Å². The number of esters is 1. The molecule has 0 bridgehead atoms. The van der Waals surface area contributed by atoms with Crippen LogP contribution in [0, 0.1) is 0 Å². The Morgan fingerprint density at radius 2 is 1.92 bits per heavy atom. The summed E-state index contributed by atoms with van der Waals surface area (Å²) in [4.78, 5) is 26.6. The number of hydrogen-bond donors (Lipinski definition) is 1. The number of ketones is 1. The largest absolute Gasteiger partial charge is 0.454 e. The standard InChI is InChI=1S/C17H17ClN2O5S/c18-13-6-5-12(10-16(13)26(23,24)20-8-1-2-9-20)17(22)25-11-15(21)14-4-3-7-19-14/h3-7,10,19H,1-2,8-9,11H2. The predicted octanol–water partition coefficient (Wildman–Crippen LogP) is 2.49. The van der Waals surface area contributed by atoms with Crippen molar-refractivity contribution in [1.29, 1.82) is 0 Å². The van der Waals surface area contributed by atoms with E-state index in [4.69, 9.17) is 16.3 Å². The van der Waals surface area contributed by atoms with E-state index < -0.39 is 22.6 Å². The van der Waals surface area contributed by atoms with E-state index in [0.717, 1.165) is 12.8 Å². The molecule has 0 amide bonds. The second-order valence-corrected chi connectivity index (χ2v) is 8.15. The first-order chi connectivity index (χ1) is 12.4. The molecule has 0 aliphatic carbocycles. The minimum absolute atomic E-state index is 0.0199. The van der Waals surface area contributed by atoms with Crippen molar-refractivity contribution in [3.63, 3.8) is 0 Å². The molecule has 0 unspecified atom stereocenters. The summed E-state index contributed by atoms with van der Waals surface area (Å²) in [5.74, 6) is -1.18. The molecular formula is C17H17ClN2O5S. The topological polar surface area (TPSA) is 96.5 Å². The maximum Gasteiger partial charge on any atom is 0.338 e. The lowest BCUT2D eigenvalue weighted by Gasteiger charge is -2.17. The number of hydrogen-bond acceptors (Lipinski definition) is 5. The van der Waals surface area contributed by atoms with Gasteiger partial charge in [0.25, 0.3) is 0 Å². The molecule has 1 fully saturated rings. The van der Waals surface area contributed by atoms with E-state index in [0.29, 0.717) is 18.8 Å². The fourth-order valence-corrected chi connectivity index (χ4v) is 4.71. The molecule has 1 aromatic carbocycles. The number of benzene rings is 1. The lowest BCUT2D eigenvalue weighted by atomic mass is 10.2. The molecular weight excluding hydrogens is 380 g/mol. The van der Waals surface area contributed by atoms with Crippen LogP contribution in [0.25, 0.3) is 0 Å². The number of Topliss-reactive ketones (excluding diaryl/α,β-unsaturated/α-hetero) is 1. The van der Waals surface area contributed by atoms with Gasteiger partial charge in [0.2, 0.25) is 15.8 Å². The van der Waals surface area contributed by atoms with Crippen LogP contribution in [0.5, 0.6) is 0 Å². The van der Waals surface area contributed by atoms with Gasteiger partial charge in [-0.25, -0.2) is 13.2 Å². The van der Waals surface area contributed by atoms with Crippen LogP contribution in [-0.2, 0) is 14.8 Å². The van der Waals surface area contributed by atoms with Crippen molar-refractivity contribution in [2.45, 2.75) is 17.7 Å². The average molecular weight is 397 g/mol. The van der Waals surface area contributed by atoms with Gasteiger partial charge in [-0.15, -0.1) is 0 Å². The van der Waals surface area contributed by atoms with Crippen LogP contribution in [0.4, 0.5) is 0 Å². The van der Waals surface area contributed by atoms with Gasteiger partial charge in [-0.3, -0.25) is 4.79 Å². The van der Waals surface area contributed by atoms with Crippen molar-refractivity contribution in [3.8, 4) is 0 Å². The van der Waals surface area contributed by atoms with Gasteiger partial charge in [0.15, 0.2) is 6.61 Å². The SMILES string of the molecule is O=C(OCC(=O)c1ccc[nH]1)c1ccc(Cl)c(S(=O)(=O)N2CCCC2)c1. The number of nitrogens with zero attached hydrogens (tertiary/aromatic N) is 1. The van der Waals surface area contributed by atoms with Crippen LogP contribution < -0.4 is 0 Å². The molecule has 9 heteroatoms. The Morgan fingerprint density at radius 1 is 1.19 bits per heavy atom. The molecule has 0 atom stereocenters. The molecule has 0 saturated carbocycles. The molecule has 1 aliphatic rings. The summed E-state index contributed by atoms with van der Waals surface area (Å²) >= 11 is 6.04. The number of nitrogens with one attached hydrogen (secondary N) is 1. The molecule has 0 radical (unpaired) electrons. The number of halogens is 1. The number of aromatic nitrogens is 1. The van der Waals surface area contributed by atoms with Gasteiger partial charge in [0, 0.05) is 19.3 Å². The van der Waals surface area contributed by atoms with Crippen molar-refractivity contribution < 1.29 is 22.7 Å². The van der Waals surface area contributed by atoms with E-state index in [2.05, 4.69) is 4.98 Å². The Labute approximate surface area is 156 Å². The summed E-state index contributed by atoms with van der Waals surface area (Å²) in [7, 11) is -3.77. The maximum atomic E-state index is 12.7. The van der Waals surface area contributed by atoms with Crippen LogP contribution in [-0.4, -0.2) is 49.2 Å². The van der Waals surface area contributed by atoms with Crippen LogP contribution in [0.2, 0.25) is 5.02 Å². The fourth-order valence-electron chi connectivity index (χ4n) is 2.69. The molecule has 2 aromatic rings. The summed E-state index contributed by atoms with van der Waals surface area (Å²) in [6.45, 7) is 0.409. The number of sulfonamides is 1. The third-order valence-electron chi connectivity index (χ3n) is 4.08. The van der Waals surface area contributed by atoms with Gasteiger partial charge in [-0.05, 0) is 43.2 Å². The Morgan fingerprint density at radius 3 is 2.58 bits per heavy atom. The molecule has 3 rings (SSSR count). The number of ether oxygens (including phenoxy) is 1. The highest BCUT2D eigenvalue weighted by Crippen LogP contribution is 2.28. The predicted molar refractivity (Wildman–Crippen MR) is 94.9 cm³/mol. The highest BCUT2D eigenvalue weighted by atomic mass is 35.5. The van der Waals surface area contributed by atoms with E-state index in [1.807, 2.05) is 0 Å². The third-order valence-corrected chi connectivity index (χ3v) is 6.46. The molecule has 1 aliphatic heterocycles. The van der Waals surface area contributed by atoms with Gasteiger partial charge in [-0.1, -0.05) is 11.6 Å². The van der Waals surface area contributed by atoms with Crippen LogP contribution in [0.3, 0.4) is 0 Å². The summed E-state index contributed by atoms with van der Waals surface area (Å²) in [6.07, 6.45) is 3.17. The lowest BCUT2D eigenvalue weighted by Crippen LogP contribution is -2.28. The summed E-state index contributed by atoms with van der Waals surface area (Å²) in [6, 6.07) is 7.13. The molecule has 0 spiro atoms. The number of carbonyl (C=O) groups is 2. The van der Waals surface area contributed by atoms with Gasteiger partial charge in [0.1, 0.15) is 4.90 Å². The first-order valence-corrected chi connectivity index (χ1v) is 9.85. The minimum atomic E-state index is -3.77. The first-order valence-electron chi connectivity index (χ1n) is 8.03. The number of rotatable bonds is 6. The smallest absolute Gasteiger partial charge is 0.338 e. The molecule has 26 heavy (non-hydrogen) atoms.